The highest BCUT2D eigenvalue weighted by Gasteiger charge is 2.36. The molecule has 3 aromatic rings. The molecular weight excluding hydrogens is 484 g/mol. The van der Waals surface area contributed by atoms with Gasteiger partial charge in [-0.1, -0.05) is 36.8 Å². The fraction of sp³-hybridized carbons (Fsp3) is 0.379. The van der Waals surface area contributed by atoms with E-state index in [0.717, 1.165) is 17.3 Å². The molecule has 3 atom stereocenters. The maximum Gasteiger partial charge on any atom is 0.311 e. The molecule has 0 spiro atoms. The van der Waals surface area contributed by atoms with E-state index in [4.69, 9.17) is 10.5 Å². The lowest BCUT2D eigenvalue weighted by molar-refractivity contribution is -0.148. The smallest absolute Gasteiger partial charge is 0.311 e. The summed E-state index contributed by atoms with van der Waals surface area (Å²) in [6.07, 6.45) is 4.75. The number of aromatic nitrogens is 1. The number of fused-ring (bicyclic) bond motifs is 1. The molecule has 0 unspecified atom stereocenters. The van der Waals surface area contributed by atoms with Crippen LogP contribution in [0.5, 0.6) is 0 Å². The molecule has 4 rings (SSSR count). The van der Waals surface area contributed by atoms with Gasteiger partial charge in [-0.3, -0.25) is 19.2 Å². The Morgan fingerprint density at radius 1 is 1.05 bits per heavy atom. The number of Topliss-reactive ketones (excluding diaryl/α,β-unsaturated/α-hetero) is 1. The number of carbonyl (C=O) groups is 4. The number of nitrogens with two attached hydrogens (primary N) is 1. The Labute approximate surface area is 221 Å². The molecule has 38 heavy (non-hydrogen) atoms. The lowest BCUT2D eigenvalue weighted by Gasteiger charge is -2.24. The van der Waals surface area contributed by atoms with Crippen LogP contribution in [0, 0.1) is 5.92 Å². The molecule has 1 fully saturated rings. The van der Waals surface area contributed by atoms with Crippen molar-refractivity contribution in [2.75, 3.05) is 13.2 Å². The van der Waals surface area contributed by atoms with Gasteiger partial charge in [-0.15, -0.1) is 0 Å². The largest absolute Gasteiger partial charge is 0.457 e. The number of nitrogens with one attached hydrogen (secondary N) is 2. The third kappa shape index (κ3) is 6.47. The average Bonchev–Trinajstić information content (AvgIpc) is 3.55. The van der Waals surface area contributed by atoms with E-state index in [1.165, 1.54) is 0 Å². The molecule has 2 aromatic carbocycles. The van der Waals surface area contributed by atoms with Gasteiger partial charge in [0.05, 0.1) is 5.92 Å². The number of amides is 2. The Kier molecular flexibility index (Phi) is 8.91. The fourth-order valence-corrected chi connectivity index (χ4v) is 4.90. The van der Waals surface area contributed by atoms with Crippen molar-refractivity contribution in [2.45, 2.75) is 44.2 Å². The van der Waals surface area contributed by atoms with E-state index < -0.39 is 24.0 Å². The number of rotatable bonds is 11. The molecule has 1 aromatic heterocycles. The van der Waals surface area contributed by atoms with E-state index >= 15 is 0 Å². The van der Waals surface area contributed by atoms with E-state index in [1.54, 1.807) is 42.5 Å². The first-order valence-corrected chi connectivity index (χ1v) is 13.0. The topological polar surface area (TPSA) is 133 Å². The Balaban J connectivity index is 1.36. The summed E-state index contributed by atoms with van der Waals surface area (Å²) in [5.74, 6) is -2.05. The minimum atomic E-state index is -0.797. The number of hydrogen-bond donors (Lipinski definition) is 3. The maximum atomic E-state index is 13.2. The van der Waals surface area contributed by atoms with Crippen LogP contribution in [0.4, 0.5) is 0 Å². The summed E-state index contributed by atoms with van der Waals surface area (Å²) in [6, 6.07) is 14.7. The average molecular weight is 519 g/mol. The van der Waals surface area contributed by atoms with Gasteiger partial charge in [0.2, 0.25) is 5.91 Å². The van der Waals surface area contributed by atoms with Crippen LogP contribution < -0.4 is 16.4 Å². The van der Waals surface area contributed by atoms with Crippen molar-refractivity contribution >= 4 is 34.5 Å². The van der Waals surface area contributed by atoms with Gasteiger partial charge in [0.15, 0.2) is 12.4 Å². The first-order valence-electron chi connectivity index (χ1n) is 13.0. The second-order valence-corrected chi connectivity index (χ2v) is 9.71. The highest BCUT2D eigenvalue weighted by molar-refractivity contribution is 6.00. The first-order chi connectivity index (χ1) is 18.4. The minimum Gasteiger partial charge on any atom is -0.457 e. The number of hydrogen-bond acceptors (Lipinski definition) is 6. The van der Waals surface area contributed by atoms with Gasteiger partial charge in [0.25, 0.3) is 5.91 Å². The summed E-state index contributed by atoms with van der Waals surface area (Å²) in [7, 11) is 1.93. The molecule has 200 valence electrons. The lowest BCUT2D eigenvalue weighted by atomic mass is 10.0. The molecule has 2 amide bonds. The Morgan fingerprint density at radius 3 is 2.61 bits per heavy atom. The Morgan fingerprint density at radius 2 is 1.84 bits per heavy atom. The van der Waals surface area contributed by atoms with Crippen LogP contribution in [0.1, 0.15) is 52.8 Å². The third-order valence-electron chi connectivity index (χ3n) is 7.05. The standard InChI is InChI=1S/C29H34N4O5/c1-33-16-14-20-17-21(12-13-25(20)33)27(35)32-24(11-6-15-30)28(36)31-23-10-5-9-22(23)29(37)38-18-26(34)19-7-3-2-4-8-19/h2-4,7-8,12-14,16-17,22-24H,5-6,9-11,15,18,30H2,1H3,(H,31,36)(H,32,35)/t22-,23+,24+/m1/s1. The number of aryl methyl sites for hydroxylation is 1. The van der Waals surface area contributed by atoms with E-state index in [1.807, 2.05) is 29.9 Å². The van der Waals surface area contributed by atoms with Gasteiger partial charge in [-0.2, -0.15) is 0 Å². The van der Waals surface area contributed by atoms with Crippen LogP contribution in [0.2, 0.25) is 0 Å². The van der Waals surface area contributed by atoms with Gasteiger partial charge >= 0.3 is 5.97 Å². The van der Waals surface area contributed by atoms with Crippen LogP contribution in [-0.2, 0) is 21.4 Å². The van der Waals surface area contributed by atoms with Gasteiger partial charge in [0, 0.05) is 41.3 Å². The normalized spacial score (nSPS) is 17.6. The van der Waals surface area contributed by atoms with Gasteiger partial charge in [0.1, 0.15) is 6.04 Å². The van der Waals surface area contributed by atoms with Crippen LogP contribution in [0.25, 0.3) is 10.9 Å². The maximum absolute atomic E-state index is 13.2. The Hall–Kier alpha value is -3.98. The monoisotopic (exact) mass is 518 g/mol. The number of benzene rings is 2. The van der Waals surface area contributed by atoms with E-state index in [-0.39, 0.29) is 24.2 Å². The molecule has 1 aliphatic carbocycles. The molecule has 0 bridgehead atoms. The van der Waals surface area contributed by atoms with Crippen molar-refractivity contribution in [2.24, 2.45) is 18.7 Å². The summed E-state index contributed by atoms with van der Waals surface area (Å²) in [5, 5.41) is 6.72. The summed E-state index contributed by atoms with van der Waals surface area (Å²) in [4.78, 5) is 51.3. The SMILES string of the molecule is Cn1ccc2cc(C(=O)N[C@@H](CCCN)C(=O)N[C@H]3CCC[C@H]3C(=O)OCC(=O)c3ccccc3)ccc21. The van der Waals surface area contributed by atoms with Crippen LogP contribution in [0.15, 0.2) is 60.8 Å². The minimum absolute atomic E-state index is 0.282. The molecular formula is C29H34N4O5. The highest BCUT2D eigenvalue weighted by atomic mass is 16.5. The fourth-order valence-electron chi connectivity index (χ4n) is 4.90. The van der Waals surface area contributed by atoms with Crippen molar-refractivity contribution in [1.82, 2.24) is 15.2 Å². The number of carbonyl (C=O) groups excluding carboxylic acids is 4. The highest BCUT2D eigenvalue weighted by Crippen LogP contribution is 2.27. The van der Waals surface area contributed by atoms with Crippen molar-refractivity contribution in [3.05, 3.63) is 71.9 Å². The number of nitrogens with zero attached hydrogens (tertiary/aromatic N) is 1. The predicted octanol–water partition coefficient (Wildman–Crippen LogP) is 2.73. The van der Waals surface area contributed by atoms with E-state index in [9.17, 15) is 19.2 Å². The van der Waals surface area contributed by atoms with Crippen molar-refractivity contribution in [1.29, 1.82) is 0 Å². The summed E-state index contributed by atoms with van der Waals surface area (Å²) in [6.45, 7) is 0.0321. The molecule has 1 saturated carbocycles. The molecule has 4 N–H and O–H groups in total. The van der Waals surface area contributed by atoms with Gasteiger partial charge in [-0.05, 0) is 56.5 Å². The van der Waals surface area contributed by atoms with E-state index in [0.29, 0.717) is 43.4 Å². The molecule has 1 heterocycles. The summed E-state index contributed by atoms with van der Waals surface area (Å²) >= 11 is 0. The zero-order chi connectivity index (χ0) is 27.1. The van der Waals surface area contributed by atoms with E-state index in [2.05, 4.69) is 10.6 Å². The molecule has 0 aliphatic heterocycles. The Bertz CT molecular complexity index is 1300. The van der Waals surface area contributed by atoms with Gasteiger partial charge in [-0.25, -0.2) is 0 Å². The predicted molar refractivity (Wildman–Crippen MR) is 143 cm³/mol. The van der Waals surface area contributed by atoms with Crippen molar-refractivity contribution < 1.29 is 23.9 Å². The lowest BCUT2D eigenvalue weighted by Crippen LogP contribution is -2.51. The zero-order valence-electron chi connectivity index (χ0n) is 21.5. The van der Waals surface area contributed by atoms with Crippen LogP contribution >= 0.6 is 0 Å². The summed E-state index contributed by atoms with van der Waals surface area (Å²) < 4.78 is 7.28. The second kappa shape index (κ2) is 12.5. The molecule has 9 heteroatoms. The van der Waals surface area contributed by atoms with Crippen molar-refractivity contribution in [3.63, 3.8) is 0 Å². The number of esters is 1. The third-order valence-corrected chi connectivity index (χ3v) is 7.05. The molecule has 0 radical (unpaired) electrons. The number of ether oxygens (including phenoxy) is 1. The summed E-state index contributed by atoms with van der Waals surface area (Å²) in [5.41, 5.74) is 7.61. The molecule has 9 nitrogen and oxygen atoms in total. The van der Waals surface area contributed by atoms with Crippen LogP contribution in [-0.4, -0.2) is 53.4 Å². The van der Waals surface area contributed by atoms with Gasteiger partial charge < -0.3 is 25.7 Å². The molecule has 0 saturated heterocycles. The van der Waals surface area contributed by atoms with Crippen molar-refractivity contribution in [3.8, 4) is 0 Å². The molecule has 1 aliphatic rings. The number of ketones is 1. The second-order valence-electron chi connectivity index (χ2n) is 9.71. The quantitative estimate of drug-likeness (QED) is 0.264. The zero-order valence-corrected chi connectivity index (χ0v) is 21.5. The first kappa shape index (κ1) is 27.1. The van der Waals surface area contributed by atoms with Crippen LogP contribution in [0.3, 0.4) is 0 Å².